The highest BCUT2D eigenvalue weighted by Gasteiger charge is 2.30. The van der Waals surface area contributed by atoms with Crippen LogP contribution in [-0.2, 0) is 4.57 Å². The molecule has 0 amide bonds. The molecule has 0 aliphatic heterocycles. The molecule has 0 saturated heterocycles. The van der Waals surface area contributed by atoms with Gasteiger partial charge in [0.15, 0.2) is 0 Å². The van der Waals surface area contributed by atoms with Crippen LogP contribution < -0.4 is 9.05 Å². The number of hydrogen-bond acceptors (Lipinski definition) is 4. The van der Waals surface area contributed by atoms with E-state index in [1.54, 1.807) is 41.8 Å². The predicted octanol–water partition coefficient (Wildman–Crippen LogP) is 8.02. The van der Waals surface area contributed by atoms with E-state index in [4.69, 9.17) is 9.05 Å². The molecule has 0 unspecified atom stereocenters. The van der Waals surface area contributed by atoms with E-state index in [0.29, 0.717) is 11.5 Å². The Morgan fingerprint density at radius 2 is 1.17 bits per heavy atom. The van der Waals surface area contributed by atoms with Crippen molar-refractivity contribution in [3.63, 3.8) is 0 Å². The Balaban J connectivity index is 2.00. The Hall–Kier alpha value is -2.42. The molecule has 0 heterocycles. The van der Waals surface area contributed by atoms with E-state index in [9.17, 15) is 4.57 Å². The highest BCUT2D eigenvalue weighted by molar-refractivity contribution is 8.03. The number of allylic oxidation sites excluding steroid dienone is 1. The normalized spacial score (nSPS) is 12.4. The zero-order valence-corrected chi connectivity index (χ0v) is 18.5. The highest BCUT2D eigenvalue weighted by Crippen LogP contribution is 2.54. The molecule has 0 atom stereocenters. The van der Waals surface area contributed by atoms with Gasteiger partial charge in [0.25, 0.3) is 0 Å². The minimum atomic E-state index is -3.64. The Morgan fingerprint density at radius 3 is 1.59 bits per heavy atom. The van der Waals surface area contributed by atoms with Gasteiger partial charge in [0.05, 0.1) is 5.82 Å². The van der Waals surface area contributed by atoms with E-state index >= 15 is 0 Å². The van der Waals surface area contributed by atoms with Crippen molar-refractivity contribution < 1.29 is 13.6 Å². The van der Waals surface area contributed by atoms with Gasteiger partial charge in [-0.1, -0.05) is 87.1 Å². The number of benzene rings is 3. The van der Waals surface area contributed by atoms with Crippen LogP contribution in [0.4, 0.5) is 0 Å². The van der Waals surface area contributed by atoms with Gasteiger partial charge in [-0.05, 0) is 41.8 Å². The van der Waals surface area contributed by atoms with Crippen LogP contribution in [0.5, 0.6) is 11.5 Å². The molecule has 0 aliphatic rings. The van der Waals surface area contributed by atoms with Gasteiger partial charge in [0.1, 0.15) is 11.5 Å². The van der Waals surface area contributed by atoms with Crippen molar-refractivity contribution in [2.24, 2.45) is 5.41 Å². The summed E-state index contributed by atoms with van der Waals surface area (Å²) < 4.78 is 25.7. The molecule has 150 valence electrons. The van der Waals surface area contributed by atoms with E-state index < -0.39 is 7.60 Å². The third-order valence-electron chi connectivity index (χ3n) is 3.94. The van der Waals surface area contributed by atoms with Crippen molar-refractivity contribution in [2.75, 3.05) is 0 Å². The number of rotatable bonds is 7. The number of thioether (sulfide) groups is 1. The molecule has 3 nitrogen and oxygen atoms in total. The van der Waals surface area contributed by atoms with Crippen molar-refractivity contribution in [1.82, 2.24) is 0 Å². The lowest BCUT2D eigenvalue weighted by molar-refractivity contribution is 0.396. The van der Waals surface area contributed by atoms with Crippen LogP contribution in [0.1, 0.15) is 20.8 Å². The summed E-state index contributed by atoms with van der Waals surface area (Å²) in [6.45, 7) is 6.26. The van der Waals surface area contributed by atoms with Crippen LogP contribution in [-0.4, -0.2) is 0 Å². The highest BCUT2D eigenvalue weighted by atomic mass is 32.2. The smallest absolute Gasteiger partial charge is 0.413 e. The molecule has 0 bridgehead atoms. The predicted molar refractivity (Wildman–Crippen MR) is 122 cm³/mol. The summed E-state index contributed by atoms with van der Waals surface area (Å²) in [5.41, 5.74) is -0.240. The fraction of sp³-hybridized carbons (Fsp3) is 0.167. The zero-order chi connectivity index (χ0) is 20.7. The Kier molecular flexibility index (Phi) is 6.89. The molecule has 0 N–H and O–H groups in total. The monoisotopic (exact) mass is 424 g/mol. The first-order valence-corrected chi connectivity index (χ1v) is 11.8. The van der Waals surface area contributed by atoms with Crippen molar-refractivity contribution >= 4 is 19.4 Å². The minimum Gasteiger partial charge on any atom is -0.413 e. The Bertz CT molecular complexity index is 935. The maximum absolute atomic E-state index is 13.9. The zero-order valence-electron chi connectivity index (χ0n) is 16.8. The molecular weight excluding hydrogens is 399 g/mol. The van der Waals surface area contributed by atoms with E-state index in [1.807, 2.05) is 66.7 Å². The van der Waals surface area contributed by atoms with Crippen molar-refractivity contribution in [3.05, 3.63) is 102 Å². The first-order chi connectivity index (χ1) is 13.8. The maximum atomic E-state index is 13.9. The van der Waals surface area contributed by atoms with E-state index in [0.717, 1.165) is 9.80 Å². The first kappa shape index (κ1) is 21.3. The van der Waals surface area contributed by atoms with Gasteiger partial charge in [-0.3, -0.25) is 0 Å². The molecule has 0 spiro atoms. The molecule has 3 aromatic rings. The second kappa shape index (κ2) is 9.39. The second-order valence-corrected chi connectivity index (χ2v) is 10.3. The van der Waals surface area contributed by atoms with Crippen LogP contribution >= 0.6 is 19.4 Å². The topological polar surface area (TPSA) is 35.5 Å². The average Bonchev–Trinajstić information content (AvgIpc) is 2.69. The summed E-state index contributed by atoms with van der Waals surface area (Å²) in [4.78, 5) is 1.98. The SMILES string of the molecule is CC(C)(C)/C(=C/P(=O)(Oc1ccccc1)Oc1ccccc1)Sc1ccccc1. The van der Waals surface area contributed by atoms with Crippen molar-refractivity contribution in [2.45, 2.75) is 25.7 Å². The van der Waals surface area contributed by atoms with Crippen molar-refractivity contribution in [1.29, 1.82) is 0 Å². The number of para-hydroxylation sites is 2. The average molecular weight is 425 g/mol. The van der Waals surface area contributed by atoms with Gasteiger partial charge >= 0.3 is 7.60 Å². The van der Waals surface area contributed by atoms with Crippen LogP contribution in [0.15, 0.2) is 107 Å². The lowest BCUT2D eigenvalue weighted by atomic mass is 9.97. The molecule has 0 saturated carbocycles. The maximum Gasteiger partial charge on any atom is 0.456 e. The van der Waals surface area contributed by atoms with E-state index in [2.05, 4.69) is 20.8 Å². The summed E-state index contributed by atoms with van der Waals surface area (Å²) in [5.74, 6) is 2.66. The molecule has 3 aromatic carbocycles. The molecular formula is C24H25O3PS. The third-order valence-corrected chi connectivity index (χ3v) is 7.08. The summed E-state index contributed by atoms with van der Waals surface area (Å²) in [5, 5.41) is 0. The van der Waals surface area contributed by atoms with Gasteiger partial charge in [0, 0.05) is 9.80 Å². The van der Waals surface area contributed by atoms with Crippen LogP contribution in [0.3, 0.4) is 0 Å². The number of hydrogen-bond donors (Lipinski definition) is 0. The quantitative estimate of drug-likeness (QED) is 0.284. The van der Waals surface area contributed by atoms with Gasteiger partial charge in [0.2, 0.25) is 0 Å². The summed E-state index contributed by atoms with van der Waals surface area (Å²) in [6, 6.07) is 28.3. The van der Waals surface area contributed by atoms with Gasteiger partial charge in [-0.15, -0.1) is 0 Å². The minimum absolute atomic E-state index is 0.240. The summed E-state index contributed by atoms with van der Waals surface area (Å²) >= 11 is 1.57. The fourth-order valence-electron chi connectivity index (χ4n) is 2.46. The standard InChI is InChI=1S/C24H25O3PS/c1-24(2,3)23(29-22-17-11-6-12-18-22)19-28(25,26-20-13-7-4-8-14-20)27-21-15-9-5-10-16-21/h4-19H,1-3H3/b23-19-. The molecule has 29 heavy (non-hydrogen) atoms. The molecule has 5 heteroatoms. The summed E-state index contributed by atoms with van der Waals surface area (Å²) in [7, 11) is -3.64. The van der Waals surface area contributed by atoms with Crippen LogP contribution in [0.2, 0.25) is 0 Å². The molecule has 3 rings (SSSR count). The molecule has 0 radical (unpaired) electrons. The lowest BCUT2D eigenvalue weighted by Crippen LogP contribution is -2.09. The van der Waals surface area contributed by atoms with Crippen LogP contribution in [0.25, 0.3) is 0 Å². The van der Waals surface area contributed by atoms with E-state index in [1.165, 1.54) is 0 Å². The third kappa shape index (κ3) is 6.56. The first-order valence-electron chi connectivity index (χ1n) is 9.39. The molecule has 0 aromatic heterocycles. The largest absolute Gasteiger partial charge is 0.456 e. The van der Waals surface area contributed by atoms with Crippen LogP contribution in [0, 0.1) is 5.41 Å². The fourth-order valence-corrected chi connectivity index (χ4v) is 5.56. The second-order valence-electron chi connectivity index (χ2n) is 7.51. The Labute approximate surface area is 177 Å². The molecule has 0 aliphatic carbocycles. The summed E-state index contributed by atoms with van der Waals surface area (Å²) in [6.07, 6.45) is 0. The molecule has 0 fully saturated rings. The van der Waals surface area contributed by atoms with Crippen molar-refractivity contribution in [3.8, 4) is 11.5 Å². The van der Waals surface area contributed by atoms with E-state index in [-0.39, 0.29) is 5.41 Å². The van der Waals surface area contributed by atoms with Gasteiger partial charge < -0.3 is 9.05 Å². The van der Waals surface area contributed by atoms with Gasteiger partial charge in [-0.2, -0.15) is 0 Å². The van der Waals surface area contributed by atoms with Gasteiger partial charge in [-0.25, -0.2) is 4.57 Å². The Morgan fingerprint density at radius 1 is 0.759 bits per heavy atom. The lowest BCUT2D eigenvalue weighted by Gasteiger charge is -2.25.